The molecule has 0 fully saturated rings. The van der Waals surface area contributed by atoms with Crippen molar-refractivity contribution in [2.45, 2.75) is 6.54 Å². The summed E-state index contributed by atoms with van der Waals surface area (Å²) in [5, 5.41) is 19.1. The molecule has 0 N–H and O–H groups in total. The number of aromatic nitrogens is 3. The number of carbonyl (C=O) groups is 1. The van der Waals surface area contributed by atoms with Crippen LogP contribution in [0.25, 0.3) is 10.9 Å². The summed E-state index contributed by atoms with van der Waals surface area (Å²) < 4.78 is 1.25. The zero-order valence-corrected chi connectivity index (χ0v) is 10.9. The number of benzene rings is 2. The Bertz CT molecular complexity index is 869. The van der Waals surface area contributed by atoms with Crippen molar-refractivity contribution in [1.82, 2.24) is 15.0 Å². The molecule has 0 aliphatic heterocycles. The average molecular weight is 280 g/mol. The quantitative estimate of drug-likeness (QED) is 0.684. The molecular formula is C15H10N3O3-. The van der Waals surface area contributed by atoms with Crippen LogP contribution in [0.5, 0.6) is 0 Å². The standard InChI is InChI=1S/C15H11N3O3/c19-14-12-3-1-2-4-13(12)16-17-18(14)9-10-5-7-11(8-6-10)15(20)21/h1-8H,9H2,(H,20,21)/p-1. The predicted octanol–water partition coefficient (Wildman–Crippen LogP) is 0.203. The normalized spacial score (nSPS) is 10.7. The van der Waals surface area contributed by atoms with Crippen molar-refractivity contribution in [3.63, 3.8) is 0 Å². The van der Waals surface area contributed by atoms with Crippen molar-refractivity contribution in [3.8, 4) is 0 Å². The third kappa shape index (κ3) is 2.51. The third-order valence-electron chi connectivity index (χ3n) is 3.15. The van der Waals surface area contributed by atoms with E-state index in [9.17, 15) is 14.7 Å². The summed E-state index contributed by atoms with van der Waals surface area (Å²) in [6, 6.07) is 13.1. The van der Waals surface area contributed by atoms with E-state index in [2.05, 4.69) is 10.3 Å². The van der Waals surface area contributed by atoms with Gasteiger partial charge in [-0.1, -0.05) is 41.6 Å². The van der Waals surface area contributed by atoms with Crippen LogP contribution in [0, 0.1) is 0 Å². The lowest BCUT2D eigenvalue weighted by molar-refractivity contribution is -0.255. The lowest BCUT2D eigenvalue weighted by Gasteiger charge is -2.06. The van der Waals surface area contributed by atoms with Gasteiger partial charge in [-0.3, -0.25) is 4.79 Å². The van der Waals surface area contributed by atoms with Gasteiger partial charge >= 0.3 is 0 Å². The van der Waals surface area contributed by atoms with E-state index in [0.717, 1.165) is 5.56 Å². The lowest BCUT2D eigenvalue weighted by atomic mass is 10.1. The zero-order chi connectivity index (χ0) is 14.8. The number of aromatic carboxylic acids is 1. The van der Waals surface area contributed by atoms with E-state index in [1.807, 2.05) is 0 Å². The molecule has 0 saturated carbocycles. The molecule has 3 rings (SSSR count). The summed E-state index contributed by atoms with van der Waals surface area (Å²) in [7, 11) is 0. The SMILES string of the molecule is O=C([O-])c1ccc(Cn2nnc3ccccc3c2=O)cc1. The van der Waals surface area contributed by atoms with Gasteiger partial charge < -0.3 is 9.90 Å². The van der Waals surface area contributed by atoms with Gasteiger partial charge in [0, 0.05) is 0 Å². The first kappa shape index (κ1) is 13.0. The highest BCUT2D eigenvalue weighted by atomic mass is 16.4. The second-order valence-corrected chi connectivity index (χ2v) is 4.55. The highest BCUT2D eigenvalue weighted by Crippen LogP contribution is 2.06. The summed E-state index contributed by atoms with van der Waals surface area (Å²) in [5.74, 6) is -1.23. The number of rotatable bonds is 3. The van der Waals surface area contributed by atoms with E-state index >= 15 is 0 Å². The smallest absolute Gasteiger partial charge is 0.277 e. The fraction of sp³-hybridized carbons (Fsp3) is 0.0667. The van der Waals surface area contributed by atoms with Gasteiger partial charge in [-0.15, -0.1) is 5.10 Å². The summed E-state index contributed by atoms with van der Waals surface area (Å²) >= 11 is 0. The Morgan fingerprint density at radius 2 is 1.81 bits per heavy atom. The van der Waals surface area contributed by atoms with E-state index in [-0.39, 0.29) is 17.7 Å². The molecule has 0 radical (unpaired) electrons. The number of hydrogen-bond donors (Lipinski definition) is 0. The van der Waals surface area contributed by atoms with Crippen LogP contribution in [-0.4, -0.2) is 21.0 Å². The third-order valence-corrected chi connectivity index (χ3v) is 3.15. The Labute approximate surface area is 119 Å². The molecule has 1 heterocycles. The van der Waals surface area contributed by atoms with Gasteiger partial charge in [-0.2, -0.15) is 0 Å². The Balaban J connectivity index is 1.96. The van der Waals surface area contributed by atoms with Crippen molar-refractivity contribution >= 4 is 16.9 Å². The number of carbonyl (C=O) groups excluding carboxylic acids is 1. The first-order valence-corrected chi connectivity index (χ1v) is 6.28. The van der Waals surface area contributed by atoms with Crippen molar-refractivity contribution in [1.29, 1.82) is 0 Å². The first-order valence-electron chi connectivity index (χ1n) is 6.28. The van der Waals surface area contributed by atoms with E-state index in [1.54, 1.807) is 36.4 Å². The van der Waals surface area contributed by atoms with Gasteiger partial charge in [0.15, 0.2) is 0 Å². The highest BCUT2D eigenvalue weighted by Gasteiger charge is 2.05. The Morgan fingerprint density at radius 1 is 1.10 bits per heavy atom. The molecule has 1 aromatic heterocycles. The maximum atomic E-state index is 12.3. The topological polar surface area (TPSA) is 87.9 Å². The van der Waals surface area contributed by atoms with Gasteiger partial charge in [-0.05, 0) is 23.3 Å². The Kier molecular flexibility index (Phi) is 3.19. The van der Waals surface area contributed by atoms with Crippen LogP contribution >= 0.6 is 0 Å². The first-order chi connectivity index (χ1) is 10.1. The predicted molar refractivity (Wildman–Crippen MR) is 73.7 cm³/mol. The molecule has 0 aliphatic carbocycles. The summed E-state index contributed by atoms with van der Waals surface area (Å²) in [6.07, 6.45) is 0. The minimum absolute atomic E-state index is 0.0932. The lowest BCUT2D eigenvalue weighted by Crippen LogP contribution is -2.25. The van der Waals surface area contributed by atoms with E-state index in [4.69, 9.17) is 0 Å². The molecule has 0 atom stereocenters. The zero-order valence-electron chi connectivity index (χ0n) is 10.9. The molecule has 3 aromatic rings. The number of fused-ring (bicyclic) bond motifs is 1. The van der Waals surface area contributed by atoms with Crippen LogP contribution in [0.3, 0.4) is 0 Å². The van der Waals surface area contributed by atoms with E-state index < -0.39 is 5.97 Å². The van der Waals surface area contributed by atoms with Gasteiger partial charge in [0.1, 0.15) is 5.52 Å². The van der Waals surface area contributed by atoms with Gasteiger partial charge in [0.25, 0.3) is 5.56 Å². The van der Waals surface area contributed by atoms with E-state index in [1.165, 1.54) is 16.8 Å². The Morgan fingerprint density at radius 3 is 2.52 bits per heavy atom. The number of nitrogens with zero attached hydrogens (tertiary/aromatic N) is 3. The molecule has 0 aliphatic rings. The van der Waals surface area contributed by atoms with Crippen molar-refractivity contribution < 1.29 is 9.90 Å². The number of carboxylic acids is 1. The second kappa shape index (κ2) is 5.16. The number of hydrogen-bond acceptors (Lipinski definition) is 5. The minimum Gasteiger partial charge on any atom is -0.545 e. The van der Waals surface area contributed by atoms with Crippen LogP contribution in [0.2, 0.25) is 0 Å². The molecule has 0 bridgehead atoms. The summed E-state index contributed by atoms with van der Waals surface area (Å²) in [5.41, 5.74) is 1.16. The molecule has 0 unspecified atom stereocenters. The molecule has 6 heteroatoms. The fourth-order valence-corrected chi connectivity index (χ4v) is 2.05. The highest BCUT2D eigenvalue weighted by molar-refractivity contribution is 5.85. The molecule has 0 saturated heterocycles. The Hall–Kier alpha value is -3.02. The van der Waals surface area contributed by atoms with Gasteiger partial charge in [-0.25, -0.2) is 4.68 Å². The average Bonchev–Trinajstić information content (AvgIpc) is 2.51. The summed E-state index contributed by atoms with van der Waals surface area (Å²) in [6.45, 7) is 0.226. The van der Waals surface area contributed by atoms with Crippen molar-refractivity contribution in [2.75, 3.05) is 0 Å². The van der Waals surface area contributed by atoms with Crippen molar-refractivity contribution in [3.05, 3.63) is 70.0 Å². The maximum absolute atomic E-state index is 12.3. The second-order valence-electron chi connectivity index (χ2n) is 4.55. The van der Waals surface area contributed by atoms with Crippen LogP contribution < -0.4 is 10.7 Å². The number of carboxylic acid groups (broad SMARTS) is 1. The van der Waals surface area contributed by atoms with Gasteiger partial charge in [0.05, 0.1) is 17.9 Å². The largest absolute Gasteiger partial charge is 0.545 e. The molecule has 0 spiro atoms. The molecule has 6 nitrogen and oxygen atoms in total. The maximum Gasteiger partial charge on any atom is 0.277 e. The van der Waals surface area contributed by atoms with Crippen LogP contribution in [0.15, 0.2) is 53.3 Å². The van der Waals surface area contributed by atoms with E-state index in [0.29, 0.717) is 10.9 Å². The molecule has 0 amide bonds. The molecule has 2 aromatic carbocycles. The minimum atomic E-state index is -1.23. The summed E-state index contributed by atoms with van der Waals surface area (Å²) in [4.78, 5) is 22.9. The van der Waals surface area contributed by atoms with Crippen LogP contribution in [-0.2, 0) is 6.54 Å². The molecule has 21 heavy (non-hydrogen) atoms. The molecule has 104 valence electrons. The van der Waals surface area contributed by atoms with Crippen LogP contribution in [0.1, 0.15) is 15.9 Å². The van der Waals surface area contributed by atoms with Crippen LogP contribution in [0.4, 0.5) is 0 Å². The van der Waals surface area contributed by atoms with Crippen molar-refractivity contribution in [2.24, 2.45) is 0 Å². The fourth-order valence-electron chi connectivity index (χ4n) is 2.05. The molecular weight excluding hydrogens is 270 g/mol. The van der Waals surface area contributed by atoms with Gasteiger partial charge in [0.2, 0.25) is 0 Å². The monoisotopic (exact) mass is 280 g/mol.